The van der Waals surface area contributed by atoms with E-state index >= 15 is 4.79 Å². The third-order valence-electron chi connectivity index (χ3n) is 21.0. The first-order valence-electron chi connectivity index (χ1n) is 27.2. The van der Waals surface area contributed by atoms with Gasteiger partial charge in [-0.1, -0.05) is 53.2 Å². The van der Waals surface area contributed by atoms with Crippen LogP contribution in [0.25, 0.3) is 0 Å². The number of fused-ring (bicyclic) bond motifs is 7. The fourth-order valence-electron chi connectivity index (χ4n) is 16.3. The van der Waals surface area contributed by atoms with E-state index < -0.39 is 174 Å². The quantitative estimate of drug-likeness (QED) is 0.0717. The Morgan fingerprint density at radius 3 is 1.84 bits per heavy atom. The second-order valence-corrected chi connectivity index (χ2v) is 25.9. The normalized spacial score (nSPS) is 56.8. The molecule has 430 valence electrons. The number of rotatable bonds is 9. The van der Waals surface area contributed by atoms with Crippen LogP contribution in [0.2, 0.25) is 0 Å². The average molecular weight is 1080 g/mol. The summed E-state index contributed by atoms with van der Waals surface area (Å²) < 4.78 is 47.7. The van der Waals surface area contributed by atoms with Crippen molar-refractivity contribution >= 4 is 5.97 Å². The zero-order chi connectivity index (χ0) is 55.0. The van der Waals surface area contributed by atoms with E-state index in [1.807, 2.05) is 6.92 Å². The van der Waals surface area contributed by atoms with Crippen LogP contribution in [0.1, 0.15) is 114 Å². The Morgan fingerprint density at radius 1 is 0.600 bits per heavy atom. The number of ether oxygens (including phenoxy) is 8. The highest BCUT2D eigenvalue weighted by Crippen LogP contribution is 2.76. The van der Waals surface area contributed by atoms with E-state index in [2.05, 4.69) is 40.7 Å². The second-order valence-electron chi connectivity index (χ2n) is 25.9. The Bertz CT molecular complexity index is 2100. The van der Waals surface area contributed by atoms with E-state index in [1.54, 1.807) is 6.92 Å². The molecule has 4 heterocycles. The van der Waals surface area contributed by atoms with Gasteiger partial charge in [0.15, 0.2) is 25.0 Å². The lowest BCUT2D eigenvalue weighted by Gasteiger charge is -2.72. The standard InChI is InChI=1S/C53H86O22/c1-21-31(58)34(61)38(65)45(69-21)74-42-26(55)17-49(6)28(50(42,7)20-54)12-13-51(8)29(49)11-10-24-25-16-48(4,5)14-15-53(25,30(57)18-52(24,51)9)47(67)75-46-41(35(62)32(59)22(2)70-46)73-44-39(66)36(63)40(23(3)71-44)72-43-37(64)33(60)27(56)19-68-43/h10,21-23,25-46,54-66H,11-20H2,1-9H3/t21-,22+,23-,25-,26-,27+,28+,29+,30+,31-,32-,33-,34+,35-,36-,37+,38+,39+,40-,41+,42-,43-,44-,45-,46-,49-,50-,51+,52+,53+/m0/s1. The van der Waals surface area contributed by atoms with Crippen molar-refractivity contribution in [1.29, 1.82) is 0 Å². The molecule has 4 saturated heterocycles. The van der Waals surface area contributed by atoms with Crippen LogP contribution in [0, 0.1) is 50.2 Å². The van der Waals surface area contributed by atoms with Gasteiger partial charge in [0, 0.05) is 5.41 Å². The Kier molecular flexibility index (Phi) is 15.8. The molecular formula is C53H86O22. The molecule has 0 amide bonds. The van der Waals surface area contributed by atoms with Crippen molar-refractivity contribution < 1.29 is 109 Å². The van der Waals surface area contributed by atoms with Gasteiger partial charge in [-0.25, -0.2) is 0 Å². The summed E-state index contributed by atoms with van der Waals surface area (Å²) in [6.45, 7) is 16.4. The van der Waals surface area contributed by atoms with Gasteiger partial charge >= 0.3 is 5.97 Å². The molecule has 75 heavy (non-hydrogen) atoms. The Morgan fingerprint density at radius 2 is 1.17 bits per heavy atom. The number of carbonyl (C=O) groups excluding carboxylic acids is 1. The number of allylic oxidation sites excluding steroid dienone is 2. The molecule has 22 nitrogen and oxygen atoms in total. The highest BCUT2D eigenvalue weighted by atomic mass is 16.8. The highest BCUT2D eigenvalue weighted by Gasteiger charge is 2.73. The number of aliphatic hydroxyl groups excluding tert-OH is 13. The Hall–Kier alpha value is -1.59. The van der Waals surface area contributed by atoms with Crippen LogP contribution in [0.4, 0.5) is 0 Å². The summed E-state index contributed by atoms with van der Waals surface area (Å²) in [7, 11) is 0. The van der Waals surface area contributed by atoms with E-state index in [4.69, 9.17) is 37.9 Å². The highest BCUT2D eigenvalue weighted by molar-refractivity contribution is 5.80. The van der Waals surface area contributed by atoms with Crippen molar-refractivity contribution in [3.63, 3.8) is 0 Å². The fraction of sp³-hybridized carbons (Fsp3) is 0.943. The number of aliphatic hydroxyl groups is 13. The van der Waals surface area contributed by atoms with Crippen molar-refractivity contribution in [1.82, 2.24) is 0 Å². The molecule has 0 bridgehead atoms. The van der Waals surface area contributed by atoms with Crippen molar-refractivity contribution in [2.24, 2.45) is 50.2 Å². The summed E-state index contributed by atoms with van der Waals surface area (Å²) >= 11 is 0. The Labute approximate surface area is 437 Å². The minimum atomic E-state index is -1.89. The maximum Gasteiger partial charge on any atom is 0.317 e. The number of hydrogen-bond donors (Lipinski definition) is 13. The van der Waals surface area contributed by atoms with Gasteiger partial charge in [0.05, 0.1) is 49.8 Å². The number of hydrogen-bond acceptors (Lipinski definition) is 22. The average Bonchev–Trinajstić information content (AvgIpc) is 3.34. The van der Waals surface area contributed by atoms with E-state index in [1.165, 1.54) is 13.8 Å². The molecule has 13 N–H and O–H groups in total. The lowest BCUT2D eigenvalue weighted by Crippen LogP contribution is -2.70. The largest absolute Gasteiger partial charge is 0.432 e. The smallest absolute Gasteiger partial charge is 0.317 e. The van der Waals surface area contributed by atoms with Crippen molar-refractivity contribution in [3.8, 4) is 0 Å². The second kappa shape index (κ2) is 20.4. The van der Waals surface area contributed by atoms with Gasteiger partial charge in [0.1, 0.15) is 72.6 Å². The van der Waals surface area contributed by atoms with Gasteiger partial charge in [-0.3, -0.25) is 4.79 Å². The minimum Gasteiger partial charge on any atom is -0.432 e. The molecule has 30 atom stereocenters. The van der Waals surface area contributed by atoms with Crippen LogP contribution in [-0.2, 0) is 42.7 Å². The van der Waals surface area contributed by atoms with Gasteiger partial charge in [0.25, 0.3) is 0 Å². The molecule has 0 aromatic rings. The zero-order valence-electron chi connectivity index (χ0n) is 44.6. The van der Waals surface area contributed by atoms with Gasteiger partial charge in [-0.2, -0.15) is 0 Å². The van der Waals surface area contributed by atoms with Crippen molar-refractivity contribution in [2.45, 2.75) is 249 Å². The van der Waals surface area contributed by atoms with Crippen molar-refractivity contribution in [3.05, 3.63) is 11.6 Å². The third-order valence-corrected chi connectivity index (χ3v) is 21.0. The molecule has 0 unspecified atom stereocenters. The summed E-state index contributed by atoms with van der Waals surface area (Å²) in [4.78, 5) is 15.4. The SMILES string of the molecule is C[C@@H]1O[C@@H](O[C@H]2[C@@H](O)C[C@@]3(C)[C@@H](CC[C@]4(C)[C@@H]3CC=C3[C@@H]5CC(C)(C)CC[C@]5(C(=O)O[C@@H]5O[C@H](C)[C@H](O)[C@H](O)[C@H]5O[C@@H]5O[C@@H](C)[C@H](O[C@@H]6OC[C@@H](O)[C@H](O)[C@H]6O)[C@@H](O)[C@H]5O)[C@H](O)C[C@]34C)[C@]2(C)CO)[C@H](O)[C@H](O)[C@H]1O. The predicted octanol–water partition coefficient (Wildman–Crippen LogP) is -1.40. The topological polar surface area (TPSA) is 354 Å². The predicted molar refractivity (Wildman–Crippen MR) is 257 cm³/mol. The molecule has 4 saturated carbocycles. The molecular weight excluding hydrogens is 989 g/mol. The molecule has 9 rings (SSSR count). The summed E-state index contributed by atoms with van der Waals surface area (Å²) in [6.07, 6.45) is -26.3. The maximum atomic E-state index is 15.4. The van der Waals surface area contributed by atoms with Crippen LogP contribution in [0.15, 0.2) is 11.6 Å². The summed E-state index contributed by atoms with van der Waals surface area (Å²) in [5, 5.41) is 144. The van der Waals surface area contributed by atoms with Crippen LogP contribution in [0.3, 0.4) is 0 Å². The van der Waals surface area contributed by atoms with Crippen LogP contribution >= 0.6 is 0 Å². The van der Waals surface area contributed by atoms with Crippen LogP contribution in [0.5, 0.6) is 0 Å². The lowest BCUT2D eigenvalue weighted by atomic mass is 9.33. The molecule has 22 heteroatoms. The molecule has 0 radical (unpaired) electrons. The minimum absolute atomic E-state index is 0.0896. The molecule has 9 aliphatic rings. The molecule has 5 aliphatic carbocycles. The molecule has 0 aromatic carbocycles. The monoisotopic (exact) mass is 1070 g/mol. The van der Waals surface area contributed by atoms with Crippen LogP contribution < -0.4 is 0 Å². The Balaban J connectivity index is 0.973. The first-order chi connectivity index (χ1) is 34.9. The lowest BCUT2D eigenvalue weighted by molar-refractivity contribution is -0.373. The summed E-state index contributed by atoms with van der Waals surface area (Å²) in [6, 6.07) is 0. The molecule has 0 aromatic heterocycles. The molecule has 4 aliphatic heterocycles. The van der Waals surface area contributed by atoms with E-state index in [9.17, 15) is 66.4 Å². The zero-order valence-corrected chi connectivity index (χ0v) is 44.6. The third kappa shape index (κ3) is 9.12. The molecule has 8 fully saturated rings. The first-order valence-corrected chi connectivity index (χ1v) is 27.2. The van der Waals surface area contributed by atoms with E-state index in [0.717, 1.165) is 5.57 Å². The first kappa shape index (κ1) is 58.1. The number of esters is 1. The number of carbonyl (C=O) groups is 1. The van der Waals surface area contributed by atoms with Gasteiger partial charge in [-0.05, 0) is 112 Å². The fourth-order valence-corrected chi connectivity index (χ4v) is 16.3. The van der Waals surface area contributed by atoms with E-state index in [-0.39, 0.29) is 49.7 Å². The van der Waals surface area contributed by atoms with Gasteiger partial charge in [-0.15, -0.1) is 0 Å². The van der Waals surface area contributed by atoms with Crippen molar-refractivity contribution in [2.75, 3.05) is 13.2 Å². The van der Waals surface area contributed by atoms with E-state index in [0.29, 0.717) is 32.1 Å². The van der Waals surface area contributed by atoms with Gasteiger partial charge < -0.3 is 104 Å². The maximum absolute atomic E-state index is 15.4. The molecule has 0 spiro atoms. The van der Waals surface area contributed by atoms with Crippen LogP contribution in [-0.4, -0.2) is 221 Å². The van der Waals surface area contributed by atoms with Gasteiger partial charge in [0.2, 0.25) is 6.29 Å². The summed E-state index contributed by atoms with van der Waals surface area (Å²) in [5.41, 5.74) is -3.61. The summed E-state index contributed by atoms with van der Waals surface area (Å²) in [5.74, 6) is -1.63.